The zero-order valence-electron chi connectivity index (χ0n) is 24.7. The van der Waals surface area contributed by atoms with E-state index in [2.05, 4.69) is 135 Å². The Morgan fingerprint density at radius 2 is 1.43 bits per heavy atom. The van der Waals surface area contributed by atoms with E-state index in [1.165, 1.54) is 77.9 Å². The standard InChI is InChI=1S/C44H32/c1-3-6-35-26(2)11-12-31-19-29-7-4-9-36(39(29)23-38(31)35)27-13-15-28(16-14-27)37-10-5-8-30-20-33-21-34-25-44(34)42(41(33)24-40(30)37)18-17-32-22-43(32)44/h3-21,23-24,32,34,43H,1-2,22,25H2/b35-6+. The lowest BCUT2D eigenvalue weighted by Crippen LogP contribution is -2.35. The quantitative estimate of drug-likeness (QED) is 0.192. The predicted molar refractivity (Wildman–Crippen MR) is 188 cm³/mol. The third-order valence-corrected chi connectivity index (χ3v) is 11.2. The van der Waals surface area contributed by atoms with Crippen LogP contribution in [0.25, 0.3) is 78.9 Å². The van der Waals surface area contributed by atoms with Gasteiger partial charge in [-0.1, -0.05) is 116 Å². The van der Waals surface area contributed by atoms with E-state index in [9.17, 15) is 0 Å². The zero-order valence-corrected chi connectivity index (χ0v) is 24.7. The van der Waals surface area contributed by atoms with Crippen molar-refractivity contribution < 1.29 is 0 Å². The lowest BCUT2D eigenvalue weighted by molar-refractivity contribution is 0.520. The Kier molecular flexibility index (Phi) is 4.78. The minimum atomic E-state index is 0.445. The first-order valence-corrected chi connectivity index (χ1v) is 16.0. The van der Waals surface area contributed by atoms with Gasteiger partial charge in [0.25, 0.3) is 0 Å². The maximum absolute atomic E-state index is 4.28. The first-order chi connectivity index (χ1) is 21.6. The van der Waals surface area contributed by atoms with Crippen LogP contribution in [0.2, 0.25) is 0 Å². The molecule has 6 aromatic carbocycles. The Labute approximate surface area is 257 Å². The van der Waals surface area contributed by atoms with E-state index < -0.39 is 0 Å². The molecular weight excluding hydrogens is 528 g/mol. The first kappa shape index (κ1) is 24.5. The van der Waals surface area contributed by atoms with Crippen molar-refractivity contribution in [3.8, 4) is 22.3 Å². The maximum atomic E-state index is 4.28. The summed E-state index contributed by atoms with van der Waals surface area (Å²) in [5.74, 6) is 2.47. The molecule has 44 heavy (non-hydrogen) atoms. The summed E-state index contributed by atoms with van der Waals surface area (Å²) in [6.07, 6.45) is 14.3. The molecule has 4 aliphatic carbocycles. The van der Waals surface area contributed by atoms with Crippen LogP contribution in [-0.2, 0) is 0 Å². The van der Waals surface area contributed by atoms with Crippen LogP contribution >= 0.6 is 0 Å². The average molecular weight is 561 g/mol. The molecule has 0 saturated heterocycles. The molecule has 0 radical (unpaired) electrons. The normalized spacial score (nSPS) is 24.4. The third-order valence-electron chi connectivity index (χ3n) is 11.2. The number of hydrogen-bond acceptors (Lipinski definition) is 0. The van der Waals surface area contributed by atoms with Crippen LogP contribution in [0.3, 0.4) is 0 Å². The molecule has 0 nitrogen and oxygen atoms in total. The molecule has 0 heteroatoms. The molecule has 4 unspecified atom stereocenters. The molecular formula is C44H32. The van der Waals surface area contributed by atoms with Gasteiger partial charge in [0.2, 0.25) is 0 Å². The predicted octanol–water partition coefficient (Wildman–Crippen LogP) is 8.01. The Bertz CT molecular complexity index is 2540. The van der Waals surface area contributed by atoms with E-state index in [4.69, 9.17) is 0 Å². The van der Waals surface area contributed by atoms with Crippen LogP contribution < -0.4 is 20.9 Å². The number of allylic oxidation sites excluding steroid dienone is 3. The van der Waals surface area contributed by atoms with E-state index in [-0.39, 0.29) is 0 Å². The fourth-order valence-electron chi connectivity index (χ4n) is 8.93. The van der Waals surface area contributed by atoms with Crippen molar-refractivity contribution in [2.45, 2.75) is 12.8 Å². The number of fused-ring (bicyclic) bond motifs is 5. The van der Waals surface area contributed by atoms with Crippen LogP contribution in [-0.4, -0.2) is 0 Å². The molecule has 2 saturated carbocycles. The third kappa shape index (κ3) is 3.29. The van der Waals surface area contributed by atoms with Gasteiger partial charge in [0.15, 0.2) is 0 Å². The van der Waals surface area contributed by atoms with Crippen molar-refractivity contribution >= 4 is 56.6 Å². The minimum absolute atomic E-state index is 0.445. The van der Waals surface area contributed by atoms with Gasteiger partial charge in [-0.3, -0.25) is 0 Å². The second-order valence-corrected chi connectivity index (χ2v) is 13.5. The number of rotatable bonds is 3. The average Bonchev–Trinajstić information content (AvgIpc) is 3.98. The molecule has 6 aromatic rings. The van der Waals surface area contributed by atoms with Gasteiger partial charge in [0, 0.05) is 5.41 Å². The first-order valence-electron chi connectivity index (χ1n) is 16.0. The highest BCUT2D eigenvalue weighted by Gasteiger charge is 2.67. The van der Waals surface area contributed by atoms with Crippen molar-refractivity contribution in [1.82, 2.24) is 0 Å². The Hall–Kier alpha value is -4.94. The topological polar surface area (TPSA) is 0 Å². The fraction of sp³-hybridized carbons (Fsp3) is 0.136. The van der Waals surface area contributed by atoms with E-state index in [0.29, 0.717) is 5.41 Å². The lowest BCUT2D eigenvalue weighted by Gasteiger charge is -2.25. The SMILES string of the molecule is C=C/C=c1\c(=C)ccc2cc3cccc(-c4ccc(-c5cccc6cc7c(cc56)=C5C=CC6CC6C56CC6C=7)cc4)c3cc12. The highest BCUT2D eigenvalue weighted by atomic mass is 14.7. The summed E-state index contributed by atoms with van der Waals surface area (Å²) in [4.78, 5) is 0. The van der Waals surface area contributed by atoms with Crippen molar-refractivity contribution in [2.24, 2.45) is 23.2 Å². The molecule has 0 N–H and O–H groups in total. The van der Waals surface area contributed by atoms with Gasteiger partial charge in [0.1, 0.15) is 0 Å². The summed E-state index contributed by atoms with van der Waals surface area (Å²) in [5.41, 5.74) is 7.12. The monoisotopic (exact) mass is 560 g/mol. The van der Waals surface area contributed by atoms with Crippen molar-refractivity contribution in [2.75, 3.05) is 0 Å². The summed E-state index contributed by atoms with van der Waals surface area (Å²) < 4.78 is 0. The lowest BCUT2D eigenvalue weighted by atomic mass is 9.79. The Morgan fingerprint density at radius 1 is 0.727 bits per heavy atom. The van der Waals surface area contributed by atoms with Gasteiger partial charge in [-0.2, -0.15) is 0 Å². The second-order valence-electron chi connectivity index (χ2n) is 13.5. The minimum Gasteiger partial charge on any atom is -0.0990 e. The van der Waals surface area contributed by atoms with Crippen LogP contribution in [0.5, 0.6) is 0 Å². The van der Waals surface area contributed by atoms with Crippen LogP contribution in [0.4, 0.5) is 0 Å². The molecule has 4 atom stereocenters. The van der Waals surface area contributed by atoms with E-state index >= 15 is 0 Å². The molecule has 10 rings (SSSR count). The van der Waals surface area contributed by atoms with Crippen LogP contribution in [0.15, 0.2) is 122 Å². The van der Waals surface area contributed by atoms with Crippen molar-refractivity contribution in [3.05, 3.63) is 143 Å². The van der Waals surface area contributed by atoms with Gasteiger partial charge >= 0.3 is 0 Å². The molecule has 208 valence electrons. The van der Waals surface area contributed by atoms with Gasteiger partial charge in [0.05, 0.1) is 0 Å². The summed E-state index contributed by atoms with van der Waals surface area (Å²) in [6.45, 7) is 8.22. The summed E-state index contributed by atoms with van der Waals surface area (Å²) in [5, 5.41) is 12.7. The molecule has 2 fully saturated rings. The van der Waals surface area contributed by atoms with E-state index in [1.807, 2.05) is 6.08 Å². The van der Waals surface area contributed by atoms with Crippen LogP contribution in [0, 0.1) is 23.2 Å². The number of benzene rings is 6. The molecule has 1 spiro atoms. The zero-order chi connectivity index (χ0) is 29.2. The van der Waals surface area contributed by atoms with E-state index in [1.54, 1.807) is 5.57 Å². The summed E-state index contributed by atoms with van der Waals surface area (Å²) in [6, 6.07) is 36.5. The fourth-order valence-corrected chi connectivity index (χ4v) is 8.93. The largest absolute Gasteiger partial charge is 0.0990 e. The Balaban J connectivity index is 1.12. The summed E-state index contributed by atoms with van der Waals surface area (Å²) in [7, 11) is 0. The highest BCUT2D eigenvalue weighted by molar-refractivity contribution is 6.05. The van der Waals surface area contributed by atoms with Gasteiger partial charge in [-0.25, -0.2) is 0 Å². The highest BCUT2D eigenvalue weighted by Crippen LogP contribution is 2.74. The van der Waals surface area contributed by atoms with Gasteiger partial charge in [-0.15, -0.1) is 0 Å². The molecule has 4 aliphatic rings. The van der Waals surface area contributed by atoms with Gasteiger partial charge < -0.3 is 0 Å². The molecule has 0 aromatic heterocycles. The van der Waals surface area contributed by atoms with Gasteiger partial charge in [-0.05, 0) is 136 Å². The molecule has 0 aliphatic heterocycles. The molecule has 0 amide bonds. The van der Waals surface area contributed by atoms with Crippen LogP contribution in [0.1, 0.15) is 12.8 Å². The smallest absolute Gasteiger partial charge is 0.00623 e. The Morgan fingerprint density at radius 3 is 2.18 bits per heavy atom. The van der Waals surface area contributed by atoms with Crippen molar-refractivity contribution in [3.63, 3.8) is 0 Å². The molecule has 0 bridgehead atoms. The summed E-state index contributed by atoms with van der Waals surface area (Å²) >= 11 is 0. The second kappa shape index (κ2) is 8.58. The number of hydrogen-bond donors (Lipinski definition) is 0. The van der Waals surface area contributed by atoms with Crippen molar-refractivity contribution in [1.29, 1.82) is 0 Å². The molecule has 0 heterocycles. The van der Waals surface area contributed by atoms with E-state index in [0.717, 1.165) is 28.2 Å². The maximum Gasteiger partial charge on any atom is 0.00623 e.